The van der Waals surface area contributed by atoms with Gasteiger partial charge in [0, 0.05) is 11.1 Å². The van der Waals surface area contributed by atoms with Crippen LogP contribution >= 0.6 is 0 Å². The summed E-state index contributed by atoms with van der Waals surface area (Å²) >= 11 is 0. The number of aliphatic carboxylic acids is 1. The van der Waals surface area contributed by atoms with Gasteiger partial charge in [-0.25, -0.2) is 0 Å². The van der Waals surface area contributed by atoms with E-state index in [0.29, 0.717) is 11.5 Å². The first-order valence-electron chi connectivity index (χ1n) is 5.67. The Labute approximate surface area is 111 Å². The van der Waals surface area contributed by atoms with Crippen molar-refractivity contribution in [2.75, 3.05) is 14.2 Å². The van der Waals surface area contributed by atoms with E-state index in [2.05, 4.69) is 5.32 Å². The van der Waals surface area contributed by atoms with Crippen LogP contribution in [0, 0.1) is 6.92 Å². The molecule has 1 aromatic carbocycles. The molecule has 0 bridgehead atoms. The molecular weight excluding hydrogens is 250 g/mol. The van der Waals surface area contributed by atoms with Crippen LogP contribution in [0.1, 0.15) is 22.8 Å². The van der Waals surface area contributed by atoms with Crippen molar-refractivity contribution < 1.29 is 24.2 Å². The van der Waals surface area contributed by atoms with Crippen LogP contribution in [-0.2, 0) is 4.79 Å². The van der Waals surface area contributed by atoms with E-state index in [1.165, 1.54) is 21.1 Å². The third-order valence-electron chi connectivity index (χ3n) is 2.73. The van der Waals surface area contributed by atoms with Crippen molar-refractivity contribution in [3.63, 3.8) is 0 Å². The molecule has 1 aromatic rings. The highest BCUT2D eigenvalue weighted by molar-refractivity contribution is 5.97. The Balaban J connectivity index is 3.06. The number of nitrogens with one attached hydrogen (secondary N) is 1. The van der Waals surface area contributed by atoms with Crippen LogP contribution in [0.3, 0.4) is 0 Å². The van der Waals surface area contributed by atoms with Crippen molar-refractivity contribution >= 4 is 11.9 Å². The molecule has 0 aliphatic carbocycles. The summed E-state index contributed by atoms with van der Waals surface area (Å²) in [6, 6.07) is 2.12. The van der Waals surface area contributed by atoms with Gasteiger partial charge in [0.2, 0.25) is 0 Å². The maximum Gasteiger partial charge on any atom is 0.325 e. The summed E-state index contributed by atoms with van der Waals surface area (Å²) < 4.78 is 10.3. The molecule has 0 aromatic heterocycles. The number of amides is 1. The smallest absolute Gasteiger partial charge is 0.325 e. The lowest BCUT2D eigenvalue weighted by molar-refractivity contribution is -0.138. The van der Waals surface area contributed by atoms with Gasteiger partial charge in [-0.2, -0.15) is 0 Å². The van der Waals surface area contributed by atoms with Crippen molar-refractivity contribution in [3.05, 3.63) is 23.3 Å². The Kier molecular flexibility index (Phi) is 4.74. The number of hydrogen-bond acceptors (Lipinski definition) is 4. The van der Waals surface area contributed by atoms with E-state index < -0.39 is 17.9 Å². The molecular formula is C13H17NO5. The van der Waals surface area contributed by atoms with Crippen molar-refractivity contribution in [1.29, 1.82) is 0 Å². The summed E-state index contributed by atoms with van der Waals surface area (Å²) in [6.07, 6.45) is 0. The van der Waals surface area contributed by atoms with E-state index in [4.69, 9.17) is 14.6 Å². The Morgan fingerprint density at radius 3 is 2.05 bits per heavy atom. The summed E-state index contributed by atoms with van der Waals surface area (Å²) in [5.41, 5.74) is 1.06. The minimum atomic E-state index is -1.10. The first-order valence-corrected chi connectivity index (χ1v) is 5.67. The summed E-state index contributed by atoms with van der Waals surface area (Å²) in [7, 11) is 2.98. The van der Waals surface area contributed by atoms with Gasteiger partial charge in [-0.05, 0) is 26.0 Å². The number of carbonyl (C=O) groups is 2. The predicted molar refractivity (Wildman–Crippen MR) is 68.8 cm³/mol. The number of carboxylic acids is 1. The molecule has 0 radical (unpaired) electrons. The number of carboxylic acid groups (broad SMARTS) is 1. The van der Waals surface area contributed by atoms with Gasteiger partial charge in [0.25, 0.3) is 5.91 Å². The van der Waals surface area contributed by atoms with E-state index in [-0.39, 0.29) is 5.56 Å². The second kappa shape index (κ2) is 6.08. The number of carbonyl (C=O) groups excluding carboxylic acids is 1. The summed E-state index contributed by atoms with van der Waals surface area (Å²) in [4.78, 5) is 22.6. The minimum absolute atomic E-state index is 0.285. The van der Waals surface area contributed by atoms with E-state index >= 15 is 0 Å². The lowest BCUT2D eigenvalue weighted by atomic mass is 10.1. The maximum atomic E-state index is 11.9. The Morgan fingerprint density at radius 1 is 1.21 bits per heavy atom. The molecule has 0 heterocycles. The molecule has 1 atom stereocenters. The van der Waals surface area contributed by atoms with Crippen LogP contribution in [0.15, 0.2) is 12.1 Å². The van der Waals surface area contributed by atoms with Gasteiger partial charge in [0.05, 0.1) is 14.2 Å². The van der Waals surface area contributed by atoms with Crippen LogP contribution in [0.4, 0.5) is 0 Å². The Bertz CT molecular complexity index is 473. The van der Waals surface area contributed by atoms with Gasteiger partial charge in [0.15, 0.2) is 0 Å². The molecule has 6 heteroatoms. The Morgan fingerprint density at radius 2 is 1.68 bits per heavy atom. The lowest BCUT2D eigenvalue weighted by Crippen LogP contribution is -2.38. The molecule has 0 saturated carbocycles. The van der Waals surface area contributed by atoms with Gasteiger partial charge >= 0.3 is 5.97 Å². The first kappa shape index (κ1) is 14.8. The molecule has 6 nitrogen and oxygen atoms in total. The quantitative estimate of drug-likeness (QED) is 0.837. The maximum absolute atomic E-state index is 11.9. The highest BCUT2D eigenvalue weighted by Crippen LogP contribution is 2.29. The van der Waals surface area contributed by atoms with Crippen LogP contribution < -0.4 is 14.8 Å². The minimum Gasteiger partial charge on any atom is -0.496 e. The Hall–Kier alpha value is -2.24. The standard InChI is InChI=1S/C13H17NO5/c1-7-10(18-3)5-9(6-11(7)19-4)12(15)14-8(2)13(16)17/h5-6,8H,1-4H3,(H,14,15)(H,16,17)/t8-/m0/s1. The normalized spacial score (nSPS) is 11.6. The SMILES string of the molecule is COc1cc(C(=O)N[C@@H](C)C(=O)O)cc(OC)c1C. The summed E-state index contributed by atoms with van der Waals surface area (Å²) in [5.74, 6) is -0.578. The van der Waals surface area contributed by atoms with E-state index in [0.717, 1.165) is 5.56 Å². The van der Waals surface area contributed by atoms with E-state index in [1.807, 2.05) is 0 Å². The second-order valence-electron chi connectivity index (χ2n) is 4.04. The molecule has 0 fully saturated rings. The van der Waals surface area contributed by atoms with Crippen LogP contribution in [-0.4, -0.2) is 37.2 Å². The molecule has 0 aliphatic rings. The fourth-order valence-corrected chi connectivity index (χ4v) is 1.56. The fourth-order valence-electron chi connectivity index (χ4n) is 1.56. The predicted octanol–water partition coefficient (Wildman–Crippen LogP) is 1.22. The average Bonchev–Trinajstić information content (AvgIpc) is 2.38. The van der Waals surface area contributed by atoms with E-state index in [9.17, 15) is 9.59 Å². The van der Waals surface area contributed by atoms with Gasteiger partial charge < -0.3 is 19.9 Å². The van der Waals surface area contributed by atoms with Gasteiger partial charge in [0.1, 0.15) is 17.5 Å². The van der Waals surface area contributed by atoms with Gasteiger partial charge in [-0.1, -0.05) is 0 Å². The highest BCUT2D eigenvalue weighted by atomic mass is 16.5. The second-order valence-corrected chi connectivity index (χ2v) is 4.04. The lowest BCUT2D eigenvalue weighted by Gasteiger charge is -2.14. The number of rotatable bonds is 5. The third kappa shape index (κ3) is 3.37. The van der Waals surface area contributed by atoms with Crippen molar-refractivity contribution in [2.45, 2.75) is 19.9 Å². The molecule has 19 heavy (non-hydrogen) atoms. The third-order valence-corrected chi connectivity index (χ3v) is 2.73. The molecule has 104 valence electrons. The summed E-state index contributed by atoms with van der Waals surface area (Å²) in [6.45, 7) is 3.20. The topological polar surface area (TPSA) is 84.9 Å². The van der Waals surface area contributed by atoms with Crippen molar-refractivity contribution in [2.24, 2.45) is 0 Å². The van der Waals surface area contributed by atoms with Crippen LogP contribution in [0.5, 0.6) is 11.5 Å². The first-order chi connectivity index (χ1) is 8.90. The van der Waals surface area contributed by atoms with Crippen LogP contribution in [0.25, 0.3) is 0 Å². The molecule has 0 saturated heterocycles. The van der Waals surface area contributed by atoms with E-state index in [1.54, 1.807) is 19.1 Å². The zero-order valence-electron chi connectivity index (χ0n) is 11.3. The van der Waals surface area contributed by atoms with Crippen molar-refractivity contribution in [3.8, 4) is 11.5 Å². The molecule has 0 unspecified atom stereocenters. The fraction of sp³-hybridized carbons (Fsp3) is 0.385. The number of hydrogen-bond donors (Lipinski definition) is 2. The highest BCUT2D eigenvalue weighted by Gasteiger charge is 2.18. The monoisotopic (exact) mass is 267 g/mol. The zero-order chi connectivity index (χ0) is 14.6. The zero-order valence-corrected chi connectivity index (χ0v) is 11.3. The molecule has 1 rings (SSSR count). The number of benzene rings is 1. The molecule has 2 N–H and O–H groups in total. The number of methoxy groups -OCH3 is 2. The van der Waals surface area contributed by atoms with Crippen molar-refractivity contribution in [1.82, 2.24) is 5.32 Å². The number of ether oxygens (including phenoxy) is 2. The molecule has 0 spiro atoms. The average molecular weight is 267 g/mol. The summed E-state index contributed by atoms with van der Waals surface area (Å²) in [5, 5.41) is 11.1. The largest absolute Gasteiger partial charge is 0.496 e. The van der Waals surface area contributed by atoms with Crippen LogP contribution in [0.2, 0.25) is 0 Å². The molecule has 1 amide bonds. The van der Waals surface area contributed by atoms with Gasteiger partial charge in [-0.15, -0.1) is 0 Å². The molecule has 0 aliphatic heterocycles. The van der Waals surface area contributed by atoms with Gasteiger partial charge in [-0.3, -0.25) is 9.59 Å².